The van der Waals surface area contributed by atoms with Crippen LogP contribution in [0, 0.1) is 57.2 Å². The Balaban J connectivity index is -0.000000268. The zero-order chi connectivity index (χ0) is 80.9. The number of nitrogens with two attached hydrogens (primary N) is 2. The van der Waals surface area contributed by atoms with E-state index in [2.05, 4.69) is 121 Å². The predicted molar refractivity (Wildman–Crippen MR) is 420 cm³/mol. The monoisotopic (exact) mass is 1570 g/mol. The van der Waals surface area contributed by atoms with Gasteiger partial charge in [-0.1, -0.05) is 124 Å². The van der Waals surface area contributed by atoms with Crippen molar-refractivity contribution in [1.29, 1.82) is 0 Å². The smallest absolute Gasteiger partial charge is 0.635 e. The second kappa shape index (κ2) is 76.5. The van der Waals surface area contributed by atoms with Gasteiger partial charge in [-0.25, -0.2) is 0 Å². The van der Waals surface area contributed by atoms with Crippen LogP contribution in [-0.2, 0) is 129 Å². The number of nitrogens with zero attached hydrogens (tertiary/aromatic N) is 5. The van der Waals surface area contributed by atoms with Gasteiger partial charge in [0.15, 0.2) is 5.78 Å². The van der Waals surface area contributed by atoms with E-state index in [0.29, 0.717) is 30.8 Å². The van der Waals surface area contributed by atoms with Crippen molar-refractivity contribution in [3.05, 3.63) is 246 Å². The summed E-state index contributed by atoms with van der Waals surface area (Å²) in [6.07, 6.45) is 22.8. The molecular formula is C79H115KN7O20Ti-3. The molecule has 0 spiro atoms. The van der Waals surface area contributed by atoms with Gasteiger partial charge in [-0.05, 0) is 199 Å². The second-order valence-electron chi connectivity index (χ2n) is 24.4. The summed E-state index contributed by atoms with van der Waals surface area (Å²) in [7, 11) is 19.5. The largest absolute Gasteiger partial charge is 1.00 e. The third-order valence-corrected chi connectivity index (χ3v) is 15.5. The van der Waals surface area contributed by atoms with Crippen molar-refractivity contribution in [3.8, 4) is 0 Å². The molecule has 0 heterocycles. The maximum absolute atomic E-state index is 11.3. The number of carbonyl (C=O) groups excluding carboxylic acids is 3. The molecule has 29 heteroatoms. The zero-order valence-electron chi connectivity index (χ0n) is 66.1. The van der Waals surface area contributed by atoms with Crippen molar-refractivity contribution in [2.45, 2.75) is 155 Å². The fourth-order valence-corrected chi connectivity index (χ4v) is 11.3. The first-order valence-electron chi connectivity index (χ1n) is 34.3. The molecule has 0 saturated heterocycles. The van der Waals surface area contributed by atoms with Crippen LogP contribution >= 0.6 is 0 Å². The van der Waals surface area contributed by atoms with Crippen LogP contribution in [0.2, 0.25) is 0 Å². The molecule has 2 atom stereocenters. The second-order valence-corrected chi connectivity index (χ2v) is 24.4. The van der Waals surface area contributed by atoms with Crippen molar-refractivity contribution >= 4 is 40.0 Å². The molecule has 0 aromatic heterocycles. The Morgan fingerprint density at radius 3 is 1.09 bits per heavy atom. The first kappa shape index (κ1) is 112. The number of aryl methyl sites for hydroxylation is 6. The number of hydrogen-bond donors (Lipinski definition) is 2. The predicted octanol–water partition coefficient (Wildman–Crippen LogP) is 13.3. The first-order valence-corrected chi connectivity index (χ1v) is 34.3. The normalized spacial score (nSPS) is 14.2. The van der Waals surface area contributed by atoms with Crippen LogP contribution in [0.5, 0.6) is 0 Å². The zero-order valence-corrected chi connectivity index (χ0v) is 70.8. The van der Waals surface area contributed by atoms with Gasteiger partial charge in [0.2, 0.25) is 0 Å². The van der Waals surface area contributed by atoms with Crippen molar-refractivity contribution in [2.24, 2.45) is 33.2 Å². The molecule has 108 heavy (non-hydrogen) atoms. The van der Waals surface area contributed by atoms with Crippen molar-refractivity contribution < 1.29 is 131 Å². The van der Waals surface area contributed by atoms with Crippen LogP contribution in [-0.4, -0.2) is 108 Å². The van der Waals surface area contributed by atoms with E-state index < -0.39 is 4.92 Å². The van der Waals surface area contributed by atoms with Gasteiger partial charge in [0.05, 0.1) is 4.92 Å². The molecule has 2 unspecified atom stereocenters. The number of ketones is 3. The van der Waals surface area contributed by atoms with Crippen LogP contribution in [0.4, 0.5) is 17.1 Å². The molecule has 0 aliphatic heterocycles. The Morgan fingerprint density at radius 2 is 0.713 bits per heavy atom. The molecule has 0 radical (unpaired) electrons. The quantitative estimate of drug-likeness (QED) is 0.0309. The summed E-state index contributed by atoms with van der Waals surface area (Å²) >= 11 is 0. The number of carbonyl (C=O) groups is 3. The molecule has 6 aromatic rings. The Morgan fingerprint density at radius 1 is 0.417 bits per heavy atom. The number of rotatable bonds is 2. The van der Waals surface area contributed by atoms with Gasteiger partial charge >= 0.3 is 51.4 Å². The summed E-state index contributed by atoms with van der Waals surface area (Å²) in [5, 5.41) is 47.3. The van der Waals surface area contributed by atoms with Crippen LogP contribution in [0.1, 0.15) is 162 Å². The molecule has 27 nitrogen and oxygen atoms in total. The van der Waals surface area contributed by atoms with Gasteiger partial charge < -0.3 is 80.5 Å². The standard InChI is InChI=1S/2C12H17N.C11H11NO3.C11H12O.C11H12.C10H10O.6C2H6O.K.HNO3.3HNO2.Ti/c2*1-9-3-2-4-10-8-12(13)6-5-11(10)7-9;13-11-3-1-2-8-6-10(12(14)15)5-4-9(8)7-11;12-11-7-3-6-9-4-1-2-5-10(9)8-11;1-9-5-4-7-10-6-2-3-8-11(9)10;11-10-7-3-5-8-4-1-2-6-9(8)10;6*1-3-2;;2-1-4-3;3*2-1-3;/h2*5-6,8-9H,2-4,7,13H2,1H3;4-6H,1-3,7H2;1-2,4-5H,3,6-8H2;2-3,6,8H,1,4-5,7H2;1-2,4,6H,3,5,7H2;6*1-2H3;;3H;3*(H,2,3);/q;;;;;;;;;;;;+1;;;;;/p-4. The fourth-order valence-electron chi connectivity index (χ4n) is 11.3. The molecule has 0 saturated carbocycles. The van der Waals surface area contributed by atoms with E-state index in [4.69, 9.17) is 52.0 Å². The van der Waals surface area contributed by atoms with Crippen molar-refractivity contribution in [2.75, 3.05) is 96.8 Å². The number of nitro groups is 1. The first-order chi connectivity index (χ1) is 50.9. The Hall–Kier alpha value is -7.26. The van der Waals surface area contributed by atoms with Gasteiger partial charge in [0.25, 0.3) is 5.69 Å². The number of non-ortho nitro benzene ring substituents is 1. The third kappa shape index (κ3) is 56.0. The van der Waals surface area contributed by atoms with Gasteiger partial charge in [0, 0.05) is 168 Å². The van der Waals surface area contributed by atoms with Crippen LogP contribution < -0.4 is 68.1 Å². The van der Waals surface area contributed by atoms with E-state index in [-0.39, 0.29) is 84.6 Å². The Labute approximate surface area is 696 Å². The summed E-state index contributed by atoms with van der Waals surface area (Å²) < 4.78 is 25.5. The van der Waals surface area contributed by atoms with Crippen molar-refractivity contribution in [3.63, 3.8) is 0 Å². The van der Waals surface area contributed by atoms with E-state index in [9.17, 15) is 24.5 Å². The number of anilines is 2. The minimum atomic E-state index is -0.396. The SMILES string of the molecule is C=C1CCCc2ccccc21.CC1CCCc2cc(N)ccc2C1.CC1CCCc2cc(N)ccc2C1.COC.COC.COC.COC.COC.COC.O=C1CCCc2cc([N+](=O)[O-])ccc2C1.O=C1CCCc2ccccc21.O=C1CCCc2ccccc2C1.O=NO[O-].O=N[O-].O=N[O-].O=N[O-].[K+].[Ti]. The third-order valence-electron chi connectivity index (χ3n) is 15.5. The molecule has 6 aliphatic carbocycles. The van der Waals surface area contributed by atoms with E-state index in [1.807, 2.05) is 42.5 Å². The number of nitrogen functional groups attached to an aromatic ring is 2. The number of fused-ring (bicyclic) bond motifs is 6. The molecule has 12 rings (SSSR count). The summed E-state index contributed by atoms with van der Waals surface area (Å²) in [5.41, 5.74) is 30.3. The average Bonchev–Trinajstić information content (AvgIpc) is 1.64. The van der Waals surface area contributed by atoms with E-state index >= 15 is 0 Å². The molecule has 594 valence electrons. The van der Waals surface area contributed by atoms with Gasteiger partial charge in [0.1, 0.15) is 16.9 Å². The number of allylic oxidation sites excluding steroid dienone is 1. The topological polar surface area (TPSA) is 421 Å². The number of hydrogen-bond acceptors (Lipinski definition) is 26. The molecule has 0 bridgehead atoms. The molecule has 6 aliphatic rings. The fraction of sp³-hybridized carbons (Fsp3) is 0.481. The number of Topliss-reactive ketones (excluding diaryl/α,β-unsaturated/α-hetero) is 3. The van der Waals surface area contributed by atoms with Gasteiger partial charge in [-0.3, -0.25) is 24.5 Å². The number of benzene rings is 6. The van der Waals surface area contributed by atoms with E-state index in [1.165, 1.54) is 138 Å². The minimum absolute atomic E-state index is 0. The van der Waals surface area contributed by atoms with E-state index in [0.717, 1.165) is 107 Å². The number of nitro benzene ring substituents is 1. The summed E-state index contributed by atoms with van der Waals surface area (Å²) in [5.74, 6) is 2.60. The maximum Gasteiger partial charge on any atom is 1.00 e. The van der Waals surface area contributed by atoms with Crippen molar-refractivity contribution in [1.82, 2.24) is 0 Å². The molecule has 6 aromatic carbocycles. The Kier molecular flexibility index (Phi) is 79.1. The van der Waals surface area contributed by atoms with Crippen LogP contribution in [0.3, 0.4) is 0 Å². The number of methoxy groups -OCH3 is 6. The van der Waals surface area contributed by atoms with Gasteiger partial charge in [-0.2, -0.15) is 0 Å². The van der Waals surface area contributed by atoms with Crippen LogP contribution in [0.15, 0.2) is 155 Å². The summed E-state index contributed by atoms with van der Waals surface area (Å²) in [4.78, 5) is 78.8. The summed E-state index contributed by atoms with van der Waals surface area (Å²) in [6, 6.07) is 42.3. The number of ether oxygens (including phenoxy) is 6. The minimum Gasteiger partial charge on any atom is -0.635 e. The maximum atomic E-state index is 11.3. The van der Waals surface area contributed by atoms with Crippen LogP contribution in [0.25, 0.3) is 5.57 Å². The van der Waals surface area contributed by atoms with Gasteiger partial charge in [-0.15, -0.1) is 20.9 Å². The van der Waals surface area contributed by atoms with E-state index in [1.54, 1.807) is 97.5 Å². The molecule has 0 amide bonds. The molecule has 0 fully saturated rings. The molecular weight excluding hydrogens is 1450 g/mol. The average molecular weight is 1570 g/mol. The molecule has 4 N–H and O–H groups in total. The Bertz CT molecular complexity index is 3200. The summed E-state index contributed by atoms with van der Waals surface area (Å²) in [6.45, 7) is 8.73.